The summed E-state index contributed by atoms with van der Waals surface area (Å²) in [6.45, 7) is -0.0438. The fourth-order valence-corrected chi connectivity index (χ4v) is 1.18. The first-order valence-corrected chi connectivity index (χ1v) is 4.88. The van der Waals surface area contributed by atoms with Crippen molar-refractivity contribution in [2.75, 3.05) is 13.2 Å². The maximum Gasteiger partial charge on any atom is 0.418 e. The number of carbonyl (C=O) groups excluding carboxylic acids is 1. The van der Waals surface area contributed by atoms with Gasteiger partial charge in [-0.15, -0.1) is 0 Å². The minimum Gasteiger partial charge on any atom is -0.396 e. The predicted molar refractivity (Wildman–Crippen MR) is 53.3 cm³/mol. The lowest BCUT2D eigenvalue weighted by molar-refractivity contribution is -0.138. The van der Waals surface area contributed by atoms with Crippen molar-refractivity contribution in [1.82, 2.24) is 10.3 Å². The number of hydrogen-bond acceptors (Lipinski definition) is 3. The highest BCUT2D eigenvalue weighted by atomic mass is 19.4. The largest absolute Gasteiger partial charge is 0.418 e. The van der Waals surface area contributed by atoms with Gasteiger partial charge in [0.2, 0.25) is 0 Å². The molecule has 1 aromatic rings. The van der Waals surface area contributed by atoms with Crippen LogP contribution in [0.5, 0.6) is 0 Å². The first kappa shape index (κ1) is 13.4. The van der Waals surface area contributed by atoms with Crippen molar-refractivity contribution in [3.63, 3.8) is 0 Å². The van der Waals surface area contributed by atoms with E-state index in [9.17, 15) is 18.0 Å². The standard InChI is InChI=1S/C10H11F3N2O2/c11-10(12,13)7-3-1-4-14-8(7)9(17)15-5-2-6-16/h1,3-4,16H,2,5-6H2,(H,15,17). The van der Waals surface area contributed by atoms with E-state index in [4.69, 9.17) is 5.11 Å². The Morgan fingerprint density at radius 3 is 2.76 bits per heavy atom. The number of carbonyl (C=O) groups is 1. The number of alkyl halides is 3. The lowest BCUT2D eigenvalue weighted by atomic mass is 10.1. The molecule has 0 radical (unpaired) electrons. The van der Waals surface area contributed by atoms with E-state index in [0.717, 1.165) is 18.3 Å². The van der Waals surface area contributed by atoms with Gasteiger partial charge in [0.25, 0.3) is 5.91 Å². The van der Waals surface area contributed by atoms with E-state index in [1.165, 1.54) is 0 Å². The second kappa shape index (κ2) is 5.62. The van der Waals surface area contributed by atoms with Crippen molar-refractivity contribution in [2.24, 2.45) is 0 Å². The second-order valence-corrected chi connectivity index (χ2v) is 3.23. The molecular formula is C10H11F3N2O2. The van der Waals surface area contributed by atoms with Crippen LogP contribution in [-0.4, -0.2) is 29.1 Å². The third kappa shape index (κ3) is 3.70. The number of amides is 1. The van der Waals surface area contributed by atoms with Crippen molar-refractivity contribution >= 4 is 5.91 Å². The molecule has 0 unspecified atom stereocenters. The average molecular weight is 248 g/mol. The van der Waals surface area contributed by atoms with E-state index < -0.39 is 23.3 Å². The highest BCUT2D eigenvalue weighted by molar-refractivity contribution is 5.93. The van der Waals surface area contributed by atoms with Gasteiger partial charge >= 0.3 is 6.18 Å². The number of aliphatic hydroxyl groups excluding tert-OH is 1. The summed E-state index contributed by atoms with van der Waals surface area (Å²) in [7, 11) is 0. The van der Waals surface area contributed by atoms with Gasteiger partial charge in [-0.2, -0.15) is 13.2 Å². The van der Waals surface area contributed by atoms with Gasteiger partial charge in [-0.05, 0) is 18.6 Å². The highest BCUT2D eigenvalue weighted by Crippen LogP contribution is 2.30. The molecule has 0 spiro atoms. The quantitative estimate of drug-likeness (QED) is 0.787. The lowest BCUT2D eigenvalue weighted by Gasteiger charge is -2.11. The van der Waals surface area contributed by atoms with E-state index in [2.05, 4.69) is 10.3 Å². The first-order valence-electron chi connectivity index (χ1n) is 4.88. The van der Waals surface area contributed by atoms with E-state index in [1.54, 1.807) is 0 Å². The van der Waals surface area contributed by atoms with Crippen molar-refractivity contribution in [1.29, 1.82) is 0 Å². The molecule has 0 aliphatic carbocycles. The van der Waals surface area contributed by atoms with Crippen LogP contribution in [-0.2, 0) is 6.18 Å². The first-order chi connectivity index (χ1) is 7.96. The fourth-order valence-electron chi connectivity index (χ4n) is 1.18. The van der Waals surface area contributed by atoms with Crippen LogP contribution in [0, 0.1) is 0 Å². The van der Waals surface area contributed by atoms with Gasteiger partial charge in [0.15, 0.2) is 0 Å². The van der Waals surface area contributed by atoms with E-state index >= 15 is 0 Å². The maximum absolute atomic E-state index is 12.5. The van der Waals surface area contributed by atoms with Crippen LogP contribution in [0.2, 0.25) is 0 Å². The molecular weight excluding hydrogens is 237 g/mol. The van der Waals surface area contributed by atoms with Gasteiger partial charge in [0.1, 0.15) is 5.69 Å². The number of halogens is 3. The number of nitrogens with one attached hydrogen (secondary N) is 1. The molecule has 0 fully saturated rings. The number of nitrogens with zero attached hydrogens (tertiary/aromatic N) is 1. The average Bonchev–Trinajstić information content (AvgIpc) is 2.28. The summed E-state index contributed by atoms with van der Waals surface area (Å²) in [6, 6.07) is 1.92. The topological polar surface area (TPSA) is 62.2 Å². The van der Waals surface area contributed by atoms with Crippen molar-refractivity contribution < 1.29 is 23.1 Å². The molecule has 0 aromatic carbocycles. The van der Waals surface area contributed by atoms with Crippen LogP contribution < -0.4 is 5.32 Å². The Morgan fingerprint density at radius 1 is 1.47 bits per heavy atom. The van der Waals surface area contributed by atoms with Crippen LogP contribution in [0.15, 0.2) is 18.3 Å². The SMILES string of the molecule is O=C(NCCCO)c1ncccc1C(F)(F)F. The van der Waals surface area contributed by atoms with Crippen LogP contribution in [0.3, 0.4) is 0 Å². The normalized spacial score (nSPS) is 11.3. The summed E-state index contributed by atoms with van der Waals surface area (Å²) in [5.41, 5.74) is -1.72. The Bertz CT molecular complexity index is 393. The molecule has 0 bridgehead atoms. The van der Waals surface area contributed by atoms with Gasteiger partial charge in [0, 0.05) is 19.3 Å². The third-order valence-corrected chi connectivity index (χ3v) is 1.95. The van der Waals surface area contributed by atoms with Gasteiger partial charge in [-0.25, -0.2) is 0 Å². The zero-order valence-corrected chi connectivity index (χ0v) is 8.79. The molecule has 1 amide bonds. The molecule has 1 aromatic heterocycles. The van der Waals surface area contributed by atoms with Gasteiger partial charge < -0.3 is 10.4 Å². The molecule has 94 valence electrons. The fraction of sp³-hybridized carbons (Fsp3) is 0.400. The zero-order chi connectivity index (χ0) is 12.9. The van der Waals surface area contributed by atoms with Crippen LogP contribution in [0.4, 0.5) is 13.2 Å². The Balaban J connectivity index is 2.86. The summed E-state index contributed by atoms with van der Waals surface area (Å²) >= 11 is 0. The number of hydrogen-bond donors (Lipinski definition) is 2. The molecule has 0 saturated carbocycles. The molecule has 4 nitrogen and oxygen atoms in total. The van der Waals surface area contributed by atoms with Gasteiger partial charge in [0.05, 0.1) is 5.56 Å². The number of pyridine rings is 1. The minimum atomic E-state index is -4.61. The van der Waals surface area contributed by atoms with Gasteiger partial charge in [-0.3, -0.25) is 9.78 Å². The second-order valence-electron chi connectivity index (χ2n) is 3.23. The Kier molecular flexibility index (Phi) is 4.45. The maximum atomic E-state index is 12.5. The number of rotatable bonds is 4. The molecule has 1 heterocycles. The third-order valence-electron chi connectivity index (χ3n) is 1.95. The minimum absolute atomic E-state index is 0.100. The van der Waals surface area contributed by atoms with Crippen LogP contribution in [0.25, 0.3) is 0 Å². The zero-order valence-electron chi connectivity index (χ0n) is 8.79. The molecule has 0 aliphatic heterocycles. The van der Waals surface area contributed by atoms with E-state index in [-0.39, 0.29) is 19.6 Å². The molecule has 0 atom stereocenters. The van der Waals surface area contributed by atoms with Crippen LogP contribution in [0.1, 0.15) is 22.5 Å². The number of aromatic nitrogens is 1. The van der Waals surface area contributed by atoms with Crippen LogP contribution >= 0.6 is 0 Å². The summed E-state index contributed by atoms with van der Waals surface area (Å²) in [4.78, 5) is 14.9. The van der Waals surface area contributed by atoms with E-state index in [1.807, 2.05) is 0 Å². The lowest BCUT2D eigenvalue weighted by Crippen LogP contribution is -2.28. The smallest absolute Gasteiger partial charge is 0.396 e. The summed E-state index contributed by atoms with van der Waals surface area (Å²) < 4.78 is 37.6. The molecule has 0 aliphatic rings. The number of aliphatic hydroxyl groups is 1. The highest BCUT2D eigenvalue weighted by Gasteiger charge is 2.35. The monoisotopic (exact) mass is 248 g/mol. The Labute approximate surface area is 95.5 Å². The molecule has 2 N–H and O–H groups in total. The Morgan fingerprint density at radius 2 is 2.18 bits per heavy atom. The summed E-state index contributed by atoms with van der Waals surface area (Å²) in [5.74, 6) is -0.897. The summed E-state index contributed by atoms with van der Waals surface area (Å²) in [6.07, 6.45) is -3.21. The predicted octanol–water partition coefficient (Wildman–Crippen LogP) is 1.21. The Hall–Kier alpha value is -1.63. The van der Waals surface area contributed by atoms with Gasteiger partial charge in [-0.1, -0.05) is 0 Å². The van der Waals surface area contributed by atoms with Crippen molar-refractivity contribution in [2.45, 2.75) is 12.6 Å². The molecule has 1 rings (SSSR count). The van der Waals surface area contributed by atoms with E-state index in [0.29, 0.717) is 0 Å². The molecule has 0 saturated heterocycles. The van der Waals surface area contributed by atoms with Crippen molar-refractivity contribution in [3.8, 4) is 0 Å². The summed E-state index contributed by atoms with van der Waals surface area (Å²) in [5, 5.41) is 10.7. The van der Waals surface area contributed by atoms with Crippen molar-refractivity contribution in [3.05, 3.63) is 29.6 Å². The molecule has 7 heteroatoms. The molecule has 17 heavy (non-hydrogen) atoms.